The van der Waals surface area contributed by atoms with Crippen LogP contribution in [-0.2, 0) is 5.60 Å². The molecule has 0 aliphatic carbocycles. The molecule has 3 nitrogen and oxygen atoms in total. The van der Waals surface area contributed by atoms with E-state index in [1.807, 2.05) is 84.9 Å². The summed E-state index contributed by atoms with van der Waals surface area (Å²) in [6, 6.07) is 26.4. The average Bonchev–Trinajstić information content (AvgIpc) is 3.07. The maximum atomic E-state index is 11.6. The molecular weight excluding hydrogens is 286 g/mol. The molecule has 0 atom stereocenters. The number of fused-ring (bicyclic) bond motifs is 1. The molecule has 1 aromatic heterocycles. The van der Waals surface area contributed by atoms with Crippen LogP contribution in [0.15, 0.2) is 89.3 Å². The van der Waals surface area contributed by atoms with Crippen LogP contribution in [-0.4, -0.2) is 10.1 Å². The van der Waals surface area contributed by atoms with Gasteiger partial charge in [0.1, 0.15) is 5.52 Å². The smallest absolute Gasteiger partial charge is 0.237 e. The molecule has 3 aromatic carbocycles. The topological polar surface area (TPSA) is 46.3 Å². The standard InChI is InChI=1S/C20H15NO2/c22-20(15-9-3-1-4-10-15,16-11-5-2-6-12-16)19-21-17-13-7-8-14-18(17)23-19/h1-14,22H. The Labute approximate surface area is 133 Å². The van der Waals surface area contributed by atoms with Crippen molar-refractivity contribution in [3.8, 4) is 0 Å². The third-order valence-electron chi connectivity index (χ3n) is 3.99. The molecule has 0 fully saturated rings. The molecule has 0 aliphatic heterocycles. The van der Waals surface area contributed by atoms with Crippen molar-refractivity contribution >= 4 is 11.1 Å². The van der Waals surface area contributed by atoms with Gasteiger partial charge in [-0.3, -0.25) is 0 Å². The van der Waals surface area contributed by atoms with Crippen LogP contribution in [0.5, 0.6) is 0 Å². The molecule has 0 unspecified atom stereocenters. The van der Waals surface area contributed by atoms with Gasteiger partial charge < -0.3 is 9.52 Å². The number of hydrogen-bond acceptors (Lipinski definition) is 3. The summed E-state index contributed by atoms with van der Waals surface area (Å²) in [6.07, 6.45) is 0. The summed E-state index contributed by atoms with van der Waals surface area (Å²) in [5.41, 5.74) is 1.40. The second-order valence-corrected chi connectivity index (χ2v) is 5.43. The predicted octanol–water partition coefficient (Wildman–Crippen LogP) is 4.11. The lowest BCUT2D eigenvalue weighted by Gasteiger charge is -2.25. The fourth-order valence-corrected chi connectivity index (χ4v) is 2.80. The number of nitrogens with zero attached hydrogens (tertiary/aromatic N) is 1. The van der Waals surface area contributed by atoms with Crippen molar-refractivity contribution < 1.29 is 9.52 Å². The van der Waals surface area contributed by atoms with Gasteiger partial charge in [-0.1, -0.05) is 72.8 Å². The molecule has 4 rings (SSSR count). The van der Waals surface area contributed by atoms with Gasteiger partial charge in [0.25, 0.3) is 0 Å². The van der Waals surface area contributed by atoms with E-state index >= 15 is 0 Å². The fourth-order valence-electron chi connectivity index (χ4n) is 2.80. The van der Waals surface area contributed by atoms with Crippen molar-refractivity contribution in [1.29, 1.82) is 0 Å². The van der Waals surface area contributed by atoms with E-state index in [1.54, 1.807) is 0 Å². The Bertz CT molecular complexity index is 857. The van der Waals surface area contributed by atoms with Crippen LogP contribution in [0.2, 0.25) is 0 Å². The second-order valence-electron chi connectivity index (χ2n) is 5.43. The van der Waals surface area contributed by atoms with Gasteiger partial charge in [0, 0.05) is 0 Å². The molecule has 112 valence electrons. The SMILES string of the molecule is OC(c1ccccc1)(c1ccccc1)c1nc2ccccc2o1. The van der Waals surface area contributed by atoms with Gasteiger partial charge in [-0.15, -0.1) is 0 Å². The molecule has 0 saturated heterocycles. The number of hydrogen-bond donors (Lipinski definition) is 1. The predicted molar refractivity (Wildman–Crippen MR) is 89.0 cm³/mol. The van der Waals surface area contributed by atoms with Gasteiger partial charge in [0.05, 0.1) is 0 Å². The molecule has 0 saturated carbocycles. The zero-order valence-corrected chi connectivity index (χ0v) is 12.4. The molecule has 0 aliphatic rings. The first-order valence-corrected chi connectivity index (χ1v) is 7.48. The van der Waals surface area contributed by atoms with E-state index in [0.717, 1.165) is 16.6 Å². The quantitative estimate of drug-likeness (QED) is 0.619. The van der Waals surface area contributed by atoms with Gasteiger partial charge in [0.15, 0.2) is 11.2 Å². The highest BCUT2D eigenvalue weighted by atomic mass is 16.4. The summed E-state index contributed by atoms with van der Waals surface area (Å²) in [5, 5.41) is 11.6. The Hall–Kier alpha value is -2.91. The van der Waals surface area contributed by atoms with E-state index in [4.69, 9.17) is 4.42 Å². The van der Waals surface area contributed by atoms with Gasteiger partial charge in [-0.25, -0.2) is 4.98 Å². The molecule has 3 heteroatoms. The normalized spacial score (nSPS) is 11.7. The highest BCUT2D eigenvalue weighted by Crippen LogP contribution is 2.37. The Morgan fingerprint density at radius 3 is 1.78 bits per heavy atom. The molecule has 0 radical (unpaired) electrons. The number of aromatic nitrogens is 1. The molecule has 1 N–H and O–H groups in total. The largest absolute Gasteiger partial charge is 0.437 e. The van der Waals surface area contributed by atoms with E-state index in [9.17, 15) is 5.11 Å². The fraction of sp³-hybridized carbons (Fsp3) is 0.0500. The number of aliphatic hydroxyl groups is 1. The third kappa shape index (κ3) is 2.22. The van der Waals surface area contributed by atoms with Gasteiger partial charge in [-0.05, 0) is 23.3 Å². The Kier molecular flexibility index (Phi) is 3.21. The minimum Gasteiger partial charge on any atom is -0.437 e. The maximum Gasteiger partial charge on any atom is 0.237 e. The lowest BCUT2D eigenvalue weighted by molar-refractivity contribution is 0.0949. The van der Waals surface area contributed by atoms with Crippen molar-refractivity contribution in [3.05, 3.63) is 102 Å². The summed E-state index contributed by atoms with van der Waals surface area (Å²) in [7, 11) is 0. The van der Waals surface area contributed by atoms with Gasteiger partial charge >= 0.3 is 0 Å². The molecule has 0 bridgehead atoms. The first kappa shape index (κ1) is 13.7. The van der Waals surface area contributed by atoms with Crippen LogP contribution in [0, 0.1) is 0 Å². The lowest BCUT2D eigenvalue weighted by atomic mass is 9.86. The van der Waals surface area contributed by atoms with Crippen molar-refractivity contribution in [3.63, 3.8) is 0 Å². The summed E-state index contributed by atoms with van der Waals surface area (Å²) in [5.74, 6) is 0.274. The van der Waals surface area contributed by atoms with Crippen molar-refractivity contribution in [2.24, 2.45) is 0 Å². The summed E-state index contributed by atoms with van der Waals surface area (Å²) < 4.78 is 5.88. The van der Waals surface area contributed by atoms with E-state index < -0.39 is 5.60 Å². The van der Waals surface area contributed by atoms with E-state index in [-0.39, 0.29) is 5.89 Å². The summed E-state index contributed by atoms with van der Waals surface area (Å²) in [6.45, 7) is 0. The van der Waals surface area contributed by atoms with Crippen molar-refractivity contribution in [1.82, 2.24) is 4.98 Å². The molecule has 0 spiro atoms. The van der Waals surface area contributed by atoms with E-state index in [0.29, 0.717) is 5.58 Å². The molecule has 4 aromatic rings. The highest BCUT2D eigenvalue weighted by Gasteiger charge is 2.38. The molecular formula is C20H15NO2. The van der Waals surface area contributed by atoms with Crippen LogP contribution in [0.4, 0.5) is 0 Å². The third-order valence-corrected chi connectivity index (χ3v) is 3.99. The Morgan fingerprint density at radius 2 is 1.22 bits per heavy atom. The molecule has 1 heterocycles. The Balaban J connectivity index is 1.99. The summed E-state index contributed by atoms with van der Waals surface area (Å²) in [4.78, 5) is 4.52. The number of oxazole rings is 1. The second kappa shape index (κ2) is 5.38. The first-order chi connectivity index (χ1) is 11.3. The van der Waals surface area contributed by atoms with Gasteiger partial charge in [0.2, 0.25) is 5.89 Å². The Morgan fingerprint density at radius 1 is 0.696 bits per heavy atom. The van der Waals surface area contributed by atoms with Crippen LogP contribution < -0.4 is 0 Å². The summed E-state index contributed by atoms with van der Waals surface area (Å²) >= 11 is 0. The van der Waals surface area contributed by atoms with Crippen LogP contribution in [0.3, 0.4) is 0 Å². The number of benzene rings is 3. The minimum atomic E-state index is -1.43. The average molecular weight is 301 g/mol. The number of para-hydroxylation sites is 2. The van der Waals surface area contributed by atoms with Crippen LogP contribution in [0.1, 0.15) is 17.0 Å². The van der Waals surface area contributed by atoms with E-state index in [1.165, 1.54) is 0 Å². The van der Waals surface area contributed by atoms with Gasteiger partial charge in [-0.2, -0.15) is 0 Å². The highest BCUT2D eigenvalue weighted by molar-refractivity contribution is 5.72. The van der Waals surface area contributed by atoms with Crippen molar-refractivity contribution in [2.45, 2.75) is 5.60 Å². The monoisotopic (exact) mass is 301 g/mol. The molecule has 23 heavy (non-hydrogen) atoms. The maximum absolute atomic E-state index is 11.6. The first-order valence-electron chi connectivity index (χ1n) is 7.48. The van der Waals surface area contributed by atoms with E-state index in [2.05, 4.69) is 4.98 Å². The van der Waals surface area contributed by atoms with Crippen LogP contribution in [0.25, 0.3) is 11.1 Å². The van der Waals surface area contributed by atoms with Crippen molar-refractivity contribution in [2.75, 3.05) is 0 Å². The zero-order chi connectivity index (χ0) is 15.7. The zero-order valence-electron chi connectivity index (χ0n) is 12.4. The molecule has 0 amide bonds. The number of rotatable bonds is 3. The van der Waals surface area contributed by atoms with Crippen LogP contribution >= 0.6 is 0 Å². The minimum absolute atomic E-state index is 0.274. The lowest BCUT2D eigenvalue weighted by Crippen LogP contribution is -2.29.